The van der Waals surface area contributed by atoms with Crippen molar-refractivity contribution in [2.24, 2.45) is 5.73 Å². The second kappa shape index (κ2) is 6.71. The van der Waals surface area contributed by atoms with Gasteiger partial charge in [0.2, 0.25) is 0 Å². The van der Waals surface area contributed by atoms with Crippen LogP contribution in [-0.4, -0.2) is 27.5 Å². The Kier molecular flexibility index (Phi) is 4.28. The minimum absolute atomic E-state index is 0.184. The Balaban J connectivity index is 1.50. The third kappa shape index (κ3) is 3.05. The van der Waals surface area contributed by atoms with Crippen LogP contribution < -0.4 is 11.1 Å². The van der Waals surface area contributed by atoms with Crippen molar-refractivity contribution in [1.29, 1.82) is 0 Å². The molecular formula is C19H23N5. The van der Waals surface area contributed by atoms with E-state index >= 15 is 0 Å². The van der Waals surface area contributed by atoms with Gasteiger partial charge in [0.05, 0.1) is 22.8 Å². The molecule has 0 saturated carbocycles. The van der Waals surface area contributed by atoms with E-state index in [0.717, 1.165) is 36.1 Å². The molecule has 5 heteroatoms. The summed E-state index contributed by atoms with van der Waals surface area (Å²) < 4.78 is 0. The van der Waals surface area contributed by atoms with Crippen molar-refractivity contribution in [3.05, 3.63) is 59.7 Å². The van der Waals surface area contributed by atoms with Gasteiger partial charge in [0.15, 0.2) is 0 Å². The maximum Gasteiger partial charge on any atom is 0.108 e. The van der Waals surface area contributed by atoms with Crippen LogP contribution in [0.4, 0.5) is 0 Å². The number of imidazole rings is 1. The van der Waals surface area contributed by atoms with E-state index in [2.05, 4.69) is 32.4 Å². The third-order valence-corrected chi connectivity index (χ3v) is 4.79. The fourth-order valence-electron chi connectivity index (χ4n) is 3.60. The number of H-pyrrole nitrogens is 1. The summed E-state index contributed by atoms with van der Waals surface area (Å²) in [6, 6.07) is 12.8. The molecule has 3 aromatic rings. The monoisotopic (exact) mass is 321 g/mol. The van der Waals surface area contributed by atoms with Gasteiger partial charge in [-0.2, -0.15) is 0 Å². The smallest absolute Gasteiger partial charge is 0.108 e. The number of rotatable bonds is 5. The number of aromatic nitrogens is 3. The topological polar surface area (TPSA) is 79.6 Å². The van der Waals surface area contributed by atoms with Crippen molar-refractivity contribution < 1.29 is 0 Å². The van der Waals surface area contributed by atoms with Crippen molar-refractivity contribution in [1.82, 2.24) is 20.3 Å². The number of aryl methyl sites for hydroxylation is 1. The second-order valence-electron chi connectivity index (χ2n) is 6.50. The largest absolute Gasteiger partial charge is 0.342 e. The Morgan fingerprint density at radius 2 is 2.17 bits per heavy atom. The molecule has 0 saturated heterocycles. The number of pyridine rings is 1. The first kappa shape index (κ1) is 15.3. The molecule has 0 radical (unpaired) electrons. The maximum absolute atomic E-state index is 6.03. The summed E-state index contributed by atoms with van der Waals surface area (Å²) in [5.74, 6) is 0.983. The molecule has 124 valence electrons. The maximum atomic E-state index is 6.03. The van der Waals surface area contributed by atoms with Crippen LogP contribution in [-0.2, 0) is 12.8 Å². The molecule has 4 rings (SSSR count). The SMILES string of the molecule is NCC(Cc1nc2ccccc2[nH]1)NC1CCCc2cccnc21. The van der Waals surface area contributed by atoms with Gasteiger partial charge in [-0.15, -0.1) is 0 Å². The van der Waals surface area contributed by atoms with E-state index in [4.69, 9.17) is 5.73 Å². The molecule has 0 spiro atoms. The van der Waals surface area contributed by atoms with E-state index in [1.54, 1.807) is 0 Å². The molecule has 0 fully saturated rings. The van der Waals surface area contributed by atoms with Crippen molar-refractivity contribution in [3.8, 4) is 0 Å². The second-order valence-corrected chi connectivity index (χ2v) is 6.50. The highest BCUT2D eigenvalue weighted by Crippen LogP contribution is 2.28. The molecule has 2 aromatic heterocycles. The van der Waals surface area contributed by atoms with Gasteiger partial charge < -0.3 is 16.0 Å². The molecule has 1 aromatic carbocycles. The molecule has 2 heterocycles. The molecule has 2 atom stereocenters. The number of nitrogens with two attached hydrogens (primary N) is 1. The lowest BCUT2D eigenvalue weighted by atomic mass is 9.91. The molecule has 0 amide bonds. The summed E-state index contributed by atoms with van der Waals surface area (Å²) in [6.07, 6.45) is 6.11. The van der Waals surface area contributed by atoms with E-state index in [1.807, 2.05) is 30.5 Å². The zero-order valence-electron chi connectivity index (χ0n) is 13.7. The summed E-state index contributed by atoms with van der Waals surface area (Å²) in [6.45, 7) is 0.579. The van der Waals surface area contributed by atoms with Gasteiger partial charge in [-0.1, -0.05) is 18.2 Å². The van der Waals surface area contributed by atoms with Crippen LogP contribution in [0.25, 0.3) is 11.0 Å². The number of nitrogens with one attached hydrogen (secondary N) is 2. The van der Waals surface area contributed by atoms with Gasteiger partial charge in [0.25, 0.3) is 0 Å². The normalized spacial score (nSPS) is 18.5. The zero-order valence-corrected chi connectivity index (χ0v) is 13.7. The predicted molar refractivity (Wildman–Crippen MR) is 95.7 cm³/mol. The van der Waals surface area contributed by atoms with Crippen molar-refractivity contribution >= 4 is 11.0 Å². The Morgan fingerprint density at radius 3 is 3.04 bits per heavy atom. The number of benzene rings is 1. The van der Waals surface area contributed by atoms with Crippen molar-refractivity contribution in [3.63, 3.8) is 0 Å². The standard InChI is InChI=1S/C19H23N5/c20-12-14(11-18-23-15-7-1-2-8-16(15)24-18)22-17-9-3-5-13-6-4-10-21-19(13)17/h1-2,4,6-8,10,14,17,22H,3,5,9,11-12,20H2,(H,23,24). The van der Waals surface area contributed by atoms with Gasteiger partial charge in [0.1, 0.15) is 5.82 Å². The minimum Gasteiger partial charge on any atom is -0.342 e. The highest BCUT2D eigenvalue weighted by molar-refractivity contribution is 5.74. The highest BCUT2D eigenvalue weighted by Gasteiger charge is 2.24. The summed E-state index contributed by atoms with van der Waals surface area (Å²) >= 11 is 0. The molecule has 0 bridgehead atoms. The first-order chi connectivity index (χ1) is 11.8. The third-order valence-electron chi connectivity index (χ3n) is 4.79. The molecule has 4 N–H and O–H groups in total. The van der Waals surface area contributed by atoms with E-state index in [1.165, 1.54) is 17.7 Å². The number of aromatic amines is 1. The van der Waals surface area contributed by atoms with Crippen molar-refractivity contribution in [2.75, 3.05) is 6.54 Å². The Labute approximate surface area is 141 Å². The van der Waals surface area contributed by atoms with E-state index in [9.17, 15) is 0 Å². The van der Waals surface area contributed by atoms with Crippen LogP contribution in [0.1, 0.15) is 36.0 Å². The lowest BCUT2D eigenvalue weighted by Crippen LogP contribution is -2.41. The Bertz CT molecular complexity index is 792. The van der Waals surface area contributed by atoms with Crippen LogP contribution in [0.3, 0.4) is 0 Å². The van der Waals surface area contributed by atoms with Gasteiger partial charge in [-0.3, -0.25) is 4.98 Å². The lowest BCUT2D eigenvalue weighted by Gasteiger charge is -2.29. The molecule has 1 aliphatic carbocycles. The van der Waals surface area contributed by atoms with E-state index in [-0.39, 0.29) is 12.1 Å². The average Bonchev–Trinajstić information content (AvgIpc) is 3.03. The molecule has 0 aliphatic heterocycles. The van der Waals surface area contributed by atoms with Gasteiger partial charge in [-0.05, 0) is 43.0 Å². The van der Waals surface area contributed by atoms with Gasteiger partial charge >= 0.3 is 0 Å². The number of nitrogens with zero attached hydrogens (tertiary/aromatic N) is 2. The molecule has 24 heavy (non-hydrogen) atoms. The van der Waals surface area contributed by atoms with Crippen molar-refractivity contribution in [2.45, 2.75) is 37.8 Å². The van der Waals surface area contributed by atoms with Crippen LogP contribution in [0.5, 0.6) is 0 Å². The summed E-state index contributed by atoms with van der Waals surface area (Å²) in [4.78, 5) is 12.7. The molecule has 1 aliphatic rings. The van der Waals surface area contributed by atoms with Crippen LogP contribution in [0, 0.1) is 0 Å². The summed E-state index contributed by atoms with van der Waals surface area (Å²) in [5.41, 5.74) is 10.7. The Hall–Kier alpha value is -2.24. The predicted octanol–water partition coefficient (Wildman–Crippen LogP) is 2.49. The average molecular weight is 321 g/mol. The van der Waals surface area contributed by atoms with Crippen LogP contribution in [0.15, 0.2) is 42.6 Å². The van der Waals surface area contributed by atoms with Gasteiger partial charge in [-0.25, -0.2) is 4.98 Å². The number of hydrogen-bond acceptors (Lipinski definition) is 4. The first-order valence-corrected chi connectivity index (χ1v) is 8.67. The van der Waals surface area contributed by atoms with E-state index in [0.29, 0.717) is 6.54 Å². The first-order valence-electron chi connectivity index (χ1n) is 8.67. The highest BCUT2D eigenvalue weighted by atomic mass is 15.0. The number of fused-ring (bicyclic) bond motifs is 2. The van der Waals surface area contributed by atoms with E-state index < -0.39 is 0 Å². The van der Waals surface area contributed by atoms with Crippen LogP contribution in [0.2, 0.25) is 0 Å². The zero-order chi connectivity index (χ0) is 16.4. The number of para-hydroxylation sites is 2. The lowest BCUT2D eigenvalue weighted by molar-refractivity contribution is 0.385. The molecule has 5 nitrogen and oxygen atoms in total. The minimum atomic E-state index is 0.184. The fraction of sp³-hybridized carbons (Fsp3) is 0.368. The van der Waals surface area contributed by atoms with Crippen LogP contribution >= 0.6 is 0 Å². The summed E-state index contributed by atoms with van der Waals surface area (Å²) in [5, 5.41) is 3.71. The number of hydrogen-bond donors (Lipinski definition) is 3. The fourth-order valence-corrected chi connectivity index (χ4v) is 3.60. The molecule has 2 unspecified atom stereocenters. The summed E-state index contributed by atoms with van der Waals surface area (Å²) in [7, 11) is 0. The molecular weight excluding hydrogens is 298 g/mol. The van der Waals surface area contributed by atoms with Gasteiger partial charge in [0, 0.05) is 25.2 Å². The Morgan fingerprint density at radius 1 is 1.25 bits per heavy atom. The quantitative estimate of drug-likeness (QED) is 0.674.